The van der Waals surface area contributed by atoms with Crippen molar-refractivity contribution in [3.05, 3.63) is 57.8 Å². The van der Waals surface area contributed by atoms with Crippen molar-refractivity contribution in [3.8, 4) is 0 Å². The number of halogens is 2. The Balaban J connectivity index is 1.77. The average molecular weight is 392 g/mol. The van der Waals surface area contributed by atoms with E-state index in [1.165, 1.54) is 11.8 Å². The number of thioether (sulfide) groups is 1. The minimum atomic E-state index is -0.195. The number of nitrogens with one attached hydrogen (secondary N) is 1. The van der Waals surface area contributed by atoms with Gasteiger partial charge in [0.05, 0.1) is 27.0 Å². The number of aryl methyl sites for hydroxylation is 2. The number of fused-ring (bicyclic) bond motifs is 1. The van der Waals surface area contributed by atoms with Gasteiger partial charge in [0.25, 0.3) is 0 Å². The summed E-state index contributed by atoms with van der Waals surface area (Å²) in [7, 11) is 0. The van der Waals surface area contributed by atoms with Crippen molar-refractivity contribution >= 4 is 57.5 Å². The van der Waals surface area contributed by atoms with Crippen LogP contribution in [0.2, 0.25) is 10.0 Å². The molecule has 0 bridgehead atoms. The number of aromatic nitrogens is 2. The second kappa shape index (κ2) is 7.60. The maximum Gasteiger partial charge on any atom is 0.234 e. The third-order valence-electron chi connectivity index (χ3n) is 3.57. The van der Waals surface area contributed by atoms with Crippen LogP contribution < -0.4 is 5.32 Å². The smallest absolute Gasteiger partial charge is 0.234 e. The highest BCUT2D eigenvalue weighted by Gasteiger charge is 2.13. The molecule has 0 unspecified atom stereocenters. The van der Waals surface area contributed by atoms with Crippen LogP contribution in [0.15, 0.2) is 41.4 Å². The number of hydrogen-bond donors (Lipinski definition) is 1. The Bertz CT molecular complexity index is 962. The number of carbonyl (C=O) groups is 1. The van der Waals surface area contributed by atoms with E-state index in [-0.39, 0.29) is 11.7 Å². The first kappa shape index (κ1) is 18.0. The highest BCUT2D eigenvalue weighted by Crippen LogP contribution is 2.33. The Morgan fingerprint density at radius 3 is 2.68 bits per heavy atom. The summed E-state index contributed by atoms with van der Waals surface area (Å²) in [4.78, 5) is 21.2. The molecule has 0 aliphatic heterocycles. The van der Waals surface area contributed by atoms with Crippen molar-refractivity contribution < 1.29 is 4.79 Å². The number of hydrogen-bond acceptors (Lipinski definition) is 4. The van der Waals surface area contributed by atoms with Gasteiger partial charge in [0, 0.05) is 5.39 Å². The lowest BCUT2D eigenvalue weighted by Gasteiger charge is -2.11. The Hall–Kier alpha value is -1.82. The van der Waals surface area contributed by atoms with Gasteiger partial charge in [-0.2, -0.15) is 0 Å². The van der Waals surface area contributed by atoms with Crippen molar-refractivity contribution in [1.29, 1.82) is 0 Å². The first-order valence-electron chi connectivity index (χ1n) is 7.56. The minimum Gasteiger partial charge on any atom is -0.323 e. The molecule has 7 heteroatoms. The lowest BCUT2D eigenvalue weighted by atomic mass is 10.2. The largest absolute Gasteiger partial charge is 0.323 e. The van der Waals surface area contributed by atoms with Gasteiger partial charge < -0.3 is 5.32 Å². The first-order valence-corrected chi connectivity index (χ1v) is 9.30. The molecule has 3 rings (SSSR count). The van der Waals surface area contributed by atoms with Crippen LogP contribution in [-0.2, 0) is 4.79 Å². The quantitative estimate of drug-likeness (QED) is 0.485. The van der Waals surface area contributed by atoms with Gasteiger partial charge in [-0.15, -0.1) is 0 Å². The van der Waals surface area contributed by atoms with Crippen LogP contribution in [-0.4, -0.2) is 21.6 Å². The van der Waals surface area contributed by atoms with Crippen LogP contribution in [0, 0.1) is 13.8 Å². The molecule has 0 aliphatic rings. The highest BCUT2D eigenvalue weighted by atomic mass is 35.5. The zero-order valence-corrected chi connectivity index (χ0v) is 16.0. The fraction of sp³-hybridized carbons (Fsp3) is 0.167. The molecular formula is C18H15Cl2N3OS. The zero-order chi connectivity index (χ0) is 18.0. The van der Waals surface area contributed by atoms with E-state index >= 15 is 0 Å². The van der Waals surface area contributed by atoms with E-state index in [1.807, 2.05) is 44.2 Å². The monoisotopic (exact) mass is 391 g/mol. The fourth-order valence-electron chi connectivity index (χ4n) is 2.35. The second-order valence-corrected chi connectivity index (χ2v) is 7.23. The van der Waals surface area contributed by atoms with Crippen molar-refractivity contribution in [2.45, 2.75) is 18.9 Å². The van der Waals surface area contributed by atoms with E-state index in [4.69, 9.17) is 23.2 Å². The summed E-state index contributed by atoms with van der Waals surface area (Å²) in [5.41, 5.74) is 2.16. The Kier molecular flexibility index (Phi) is 5.47. The molecule has 0 saturated carbocycles. The molecule has 1 amide bonds. The minimum absolute atomic E-state index is 0.195. The molecule has 2 aromatic carbocycles. The number of rotatable bonds is 4. The van der Waals surface area contributed by atoms with Crippen LogP contribution >= 0.6 is 35.0 Å². The van der Waals surface area contributed by atoms with Crippen molar-refractivity contribution in [2.24, 2.45) is 0 Å². The summed E-state index contributed by atoms with van der Waals surface area (Å²) < 4.78 is 0. The molecule has 0 aliphatic carbocycles. The molecule has 0 radical (unpaired) electrons. The van der Waals surface area contributed by atoms with Crippen LogP contribution in [0.25, 0.3) is 10.9 Å². The van der Waals surface area contributed by atoms with Crippen LogP contribution in [0.3, 0.4) is 0 Å². The number of carbonyl (C=O) groups excluding carboxylic acids is 1. The number of nitrogens with zero attached hydrogens (tertiary/aromatic N) is 2. The van der Waals surface area contributed by atoms with Crippen molar-refractivity contribution in [2.75, 3.05) is 11.1 Å². The van der Waals surface area contributed by atoms with E-state index in [1.54, 1.807) is 6.07 Å². The van der Waals surface area contributed by atoms with Crippen molar-refractivity contribution in [3.63, 3.8) is 0 Å². The van der Waals surface area contributed by atoms with Gasteiger partial charge in [-0.25, -0.2) is 9.97 Å². The van der Waals surface area contributed by atoms with Gasteiger partial charge in [-0.05, 0) is 31.5 Å². The third kappa shape index (κ3) is 4.06. The Morgan fingerprint density at radius 2 is 1.88 bits per heavy atom. The average Bonchev–Trinajstić information content (AvgIpc) is 2.60. The molecule has 4 nitrogen and oxygen atoms in total. The summed E-state index contributed by atoms with van der Waals surface area (Å²) in [5, 5.41) is 5.36. The standard InChI is InChI=1S/C18H15Cl2N3OS/c1-10-7-8-13(19)17(16(10)20)23-15(24)9-25-18-12-5-3-4-6-14(12)21-11(2)22-18/h3-8H,9H2,1-2H3,(H,23,24). The van der Waals surface area contributed by atoms with E-state index in [9.17, 15) is 4.79 Å². The highest BCUT2D eigenvalue weighted by molar-refractivity contribution is 8.00. The van der Waals surface area contributed by atoms with Gasteiger partial charge in [-0.1, -0.05) is 59.2 Å². The van der Waals surface area contributed by atoms with Crippen LogP contribution in [0.1, 0.15) is 11.4 Å². The van der Waals surface area contributed by atoms with Gasteiger partial charge in [0.2, 0.25) is 5.91 Å². The summed E-state index contributed by atoms with van der Waals surface area (Å²) in [6, 6.07) is 11.3. The van der Waals surface area contributed by atoms with Crippen molar-refractivity contribution in [1.82, 2.24) is 9.97 Å². The molecule has 3 aromatic rings. The third-order valence-corrected chi connectivity index (χ3v) is 5.36. The van der Waals surface area contributed by atoms with Gasteiger partial charge in [0.1, 0.15) is 10.9 Å². The molecule has 0 spiro atoms. The lowest BCUT2D eigenvalue weighted by Crippen LogP contribution is -2.15. The second-order valence-electron chi connectivity index (χ2n) is 5.48. The van der Waals surface area contributed by atoms with Crippen LogP contribution in [0.5, 0.6) is 0 Å². The zero-order valence-electron chi connectivity index (χ0n) is 13.6. The summed E-state index contributed by atoms with van der Waals surface area (Å²) in [6.45, 7) is 3.70. The molecule has 0 fully saturated rings. The molecular weight excluding hydrogens is 377 g/mol. The normalized spacial score (nSPS) is 10.9. The van der Waals surface area contributed by atoms with Gasteiger partial charge >= 0.3 is 0 Å². The molecule has 1 heterocycles. The number of benzene rings is 2. The SMILES string of the molecule is Cc1nc(SCC(=O)Nc2c(Cl)ccc(C)c2Cl)c2ccccc2n1. The van der Waals surface area contributed by atoms with Gasteiger partial charge in [0.15, 0.2) is 0 Å². The molecule has 25 heavy (non-hydrogen) atoms. The number of anilines is 1. The Morgan fingerprint density at radius 1 is 1.12 bits per heavy atom. The molecule has 1 N–H and O–H groups in total. The summed E-state index contributed by atoms with van der Waals surface area (Å²) in [5.74, 6) is 0.673. The molecule has 0 atom stereocenters. The fourth-order valence-corrected chi connectivity index (χ4v) is 3.68. The van der Waals surface area contributed by atoms with Crippen LogP contribution in [0.4, 0.5) is 5.69 Å². The number of para-hydroxylation sites is 1. The maximum absolute atomic E-state index is 12.3. The van der Waals surface area contributed by atoms with E-state index in [0.29, 0.717) is 21.6 Å². The van der Waals surface area contributed by atoms with Gasteiger partial charge in [-0.3, -0.25) is 4.79 Å². The summed E-state index contributed by atoms with van der Waals surface area (Å²) in [6.07, 6.45) is 0. The van der Waals surface area contributed by atoms with E-state index in [2.05, 4.69) is 15.3 Å². The molecule has 0 saturated heterocycles. The first-order chi connectivity index (χ1) is 12.0. The topological polar surface area (TPSA) is 54.9 Å². The predicted molar refractivity (Wildman–Crippen MR) is 105 cm³/mol. The lowest BCUT2D eigenvalue weighted by molar-refractivity contribution is -0.113. The van der Waals surface area contributed by atoms with E-state index < -0.39 is 0 Å². The number of amides is 1. The molecule has 128 valence electrons. The predicted octanol–water partition coefficient (Wildman–Crippen LogP) is 5.28. The Labute approximate surface area is 160 Å². The van der Waals surface area contributed by atoms with E-state index in [0.717, 1.165) is 21.5 Å². The molecule has 1 aromatic heterocycles. The summed E-state index contributed by atoms with van der Waals surface area (Å²) >= 11 is 13.7. The maximum atomic E-state index is 12.3.